The van der Waals surface area contributed by atoms with Crippen molar-refractivity contribution in [1.82, 2.24) is 4.90 Å². The van der Waals surface area contributed by atoms with Crippen LogP contribution in [0.4, 0.5) is 0 Å². The second kappa shape index (κ2) is 5.84. The molecule has 0 aromatic heterocycles. The summed E-state index contributed by atoms with van der Waals surface area (Å²) in [5.41, 5.74) is 4.92. The van der Waals surface area contributed by atoms with Gasteiger partial charge in [0.25, 0.3) is 0 Å². The Hall–Kier alpha value is -1.33. The average molecular weight is 230 g/mol. The Labute approximate surface area is 105 Å². The van der Waals surface area contributed by atoms with Crippen molar-refractivity contribution >= 4 is 0 Å². The number of hydrogen-bond donors (Lipinski definition) is 0. The van der Waals surface area contributed by atoms with Crippen molar-refractivity contribution in [2.45, 2.75) is 40.7 Å². The van der Waals surface area contributed by atoms with Gasteiger partial charge >= 0.3 is 0 Å². The van der Waals surface area contributed by atoms with E-state index in [1.807, 2.05) is 0 Å². The fourth-order valence-electron chi connectivity index (χ4n) is 2.21. The molecule has 0 bridgehead atoms. The van der Waals surface area contributed by atoms with Crippen LogP contribution in [0.5, 0.6) is 0 Å². The Kier molecular flexibility index (Phi) is 4.72. The van der Waals surface area contributed by atoms with Crippen molar-refractivity contribution in [2.75, 3.05) is 13.1 Å². The van der Waals surface area contributed by atoms with E-state index < -0.39 is 0 Å². The predicted octanol–water partition coefficient (Wildman–Crippen LogP) is 3.52. The highest BCUT2D eigenvalue weighted by atomic mass is 15.1. The van der Waals surface area contributed by atoms with Crippen LogP contribution in [0.1, 0.15) is 42.1 Å². The summed E-state index contributed by atoms with van der Waals surface area (Å²) in [7, 11) is 0. The van der Waals surface area contributed by atoms with Crippen molar-refractivity contribution < 1.29 is 0 Å². The van der Waals surface area contributed by atoms with Gasteiger partial charge in [-0.05, 0) is 56.1 Å². The van der Waals surface area contributed by atoms with Crippen molar-refractivity contribution in [3.8, 4) is 6.07 Å². The SMILES string of the molecule is CCN(CC)C(C#N)c1cc(C)c(C)cc1C. The molecule has 1 unspecified atom stereocenters. The first-order chi connectivity index (χ1) is 8.04. The summed E-state index contributed by atoms with van der Waals surface area (Å²) in [6.45, 7) is 12.3. The molecule has 17 heavy (non-hydrogen) atoms. The molecule has 0 aliphatic rings. The summed E-state index contributed by atoms with van der Waals surface area (Å²) in [6, 6.07) is 6.66. The van der Waals surface area contributed by atoms with Crippen LogP contribution in [0, 0.1) is 32.1 Å². The summed E-state index contributed by atoms with van der Waals surface area (Å²) >= 11 is 0. The van der Waals surface area contributed by atoms with Gasteiger partial charge in [0.1, 0.15) is 6.04 Å². The Morgan fingerprint density at radius 1 is 1.06 bits per heavy atom. The van der Waals surface area contributed by atoms with Gasteiger partial charge in [-0.1, -0.05) is 26.0 Å². The van der Waals surface area contributed by atoms with Gasteiger partial charge in [0, 0.05) is 0 Å². The predicted molar refractivity (Wildman–Crippen MR) is 71.9 cm³/mol. The summed E-state index contributed by atoms with van der Waals surface area (Å²) in [6.07, 6.45) is 0. The highest BCUT2D eigenvalue weighted by Gasteiger charge is 2.19. The Bertz CT molecular complexity index is 425. The number of rotatable bonds is 4. The maximum absolute atomic E-state index is 9.41. The van der Waals surface area contributed by atoms with Gasteiger partial charge in [-0.2, -0.15) is 5.26 Å². The largest absolute Gasteiger partial charge is 0.285 e. The molecule has 2 nitrogen and oxygen atoms in total. The first-order valence-electron chi connectivity index (χ1n) is 6.26. The van der Waals surface area contributed by atoms with E-state index in [-0.39, 0.29) is 6.04 Å². The van der Waals surface area contributed by atoms with Crippen LogP contribution < -0.4 is 0 Å². The quantitative estimate of drug-likeness (QED) is 0.791. The van der Waals surface area contributed by atoms with Crippen LogP contribution in [0.3, 0.4) is 0 Å². The molecule has 0 aliphatic carbocycles. The van der Waals surface area contributed by atoms with Gasteiger partial charge in [-0.15, -0.1) is 0 Å². The molecule has 2 heteroatoms. The molecule has 1 atom stereocenters. The van der Waals surface area contributed by atoms with E-state index in [0.29, 0.717) is 0 Å². The second-order valence-electron chi connectivity index (χ2n) is 4.55. The van der Waals surface area contributed by atoms with E-state index in [1.54, 1.807) is 0 Å². The number of nitrogens with zero attached hydrogens (tertiary/aromatic N) is 2. The van der Waals surface area contributed by atoms with Crippen LogP contribution in [0.15, 0.2) is 12.1 Å². The maximum Gasteiger partial charge on any atom is 0.124 e. The minimum atomic E-state index is -0.121. The number of nitriles is 1. The minimum Gasteiger partial charge on any atom is -0.285 e. The molecule has 0 radical (unpaired) electrons. The molecular formula is C15H22N2. The summed E-state index contributed by atoms with van der Waals surface area (Å²) in [5.74, 6) is 0. The lowest BCUT2D eigenvalue weighted by Gasteiger charge is -2.26. The van der Waals surface area contributed by atoms with Gasteiger partial charge in [-0.25, -0.2) is 0 Å². The lowest BCUT2D eigenvalue weighted by atomic mass is 9.95. The Morgan fingerprint density at radius 3 is 2.06 bits per heavy atom. The normalized spacial score (nSPS) is 12.5. The molecule has 0 aliphatic heterocycles. The molecule has 1 rings (SSSR count). The van der Waals surface area contributed by atoms with Crippen molar-refractivity contribution in [3.05, 3.63) is 34.4 Å². The van der Waals surface area contributed by atoms with Crippen LogP contribution in [0.2, 0.25) is 0 Å². The monoisotopic (exact) mass is 230 g/mol. The molecule has 0 saturated heterocycles. The van der Waals surface area contributed by atoms with E-state index in [4.69, 9.17) is 0 Å². The molecular weight excluding hydrogens is 208 g/mol. The smallest absolute Gasteiger partial charge is 0.124 e. The van der Waals surface area contributed by atoms with Crippen molar-refractivity contribution in [1.29, 1.82) is 5.26 Å². The first-order valence-corrected chi connectivity index (χ1v) is 6.26. The van der Waals surface area contributed by atoms with E-state index in [1.165, 1.54) is 16.7 Å². The topological polar surface area (TPSA) is 27.0 Å². The standard InChI is InChI=1S/C15H22N2/c1-6-17(7-2)15(10-16)14-9-12(4)11(3)8-13(14)5/h8-9,15H,6-7H2,1-5H3. The van der Waals surface area contributed by atoms with Crippen molar-refractivity contribution in [2.24, 2.45) is 0 Å². The molecule has 1 aromatic carbocycles. The molecule has 92 valence electrons. The lowest BCUT2D eigenvalue weighted by molar-refractivity contribution is 0.262. The molecule has 0 N–H and O–H groups in total. The van der Waals surface area contributed by atoms with Gasteiger partial charge < -0.3 is 0 Å². The van der Waals surface area contributed by atoms with E-state index >= 15 is 0 Å². The molecule has 0 fully saturated rings. The fourth-order valence-corrected chi connectivity index (χ4v) is 2.21. The zero-order valence-electron chi connectivity index (χ0n) is 11.5. The van der Waals surface area contributed by atoms with E-state index in [0.717, 1.165) is 18.7 Å². The lowest BCUT2D eigenvalue weighted by Crippen LogP contribution is -2.28. The third kappa shape index (κ3) is 2.87. The number of hydrogen-bond acceptors (Lipinski definition) is 2. The van der Waals surface area contributed by atoms with Gasteiger partial charge in [0.05, 0.1) is 6.07 Å². The van der Waals surface area contributed by atoms with Gasteiger partial charge in [0.15, 0.2) is 0 Å². The fraction of sp³-hybridized carbons (Fsp3) is 0.533. The molecule has 1 aromatic rings. The van der Waals surface area contributed by atoms with Crippen LogP contribution >= 0.6 is 0 Å². The van der Waals surface area contributed by atoms with Crippen LogP contribution in [0.25, 0.3) is 0 Å². The first kappa shape index (κ1) is 13.7. The van der Waals surface area contributed by atoms with E-state index in [9.17, 15) is 5.26 Å². The zero-order valence-corrected chi connectivity index (χ0v) is 11.5. The van der Waals surface area contributed by atoms with Crippen molar-refractivity contribution in [3.63, 3.8) is 0 Å². The van der Waals surface area contributed by atoms with Gasteiger partial charge in [0.2, 0.25) is 0 Å². The maximum atomic E-state index is 9.41. The molecule has 0 amide bonds. The van der Waals surface area contributed by atoms with E-state index in [2.05, 4.69) is 57.7 Å². The average Bonchev–Trinajstić information content (AvgIpc) is 2.31. The Balaban J connectivity index is 3.21. The summed E-state index contributed by atoms with van der Waals surface area (Å²) in [5, 5.41) is 9.41. The van der Waals surface area contributed by atoms with Gasteiger partial charge in [-0.3, -0.25) is 4.90 Å². The summed E-state index contributed by atoms with van der Waals surface area (Å²) in [4.78, 5) is 2.19. The highest BCUT2D eigenvalue weighted by Crippen LogP contribution is 2.25. The number of aryl methyl sites for hydroxylation is 3. The number of benzene rings is 1. The van der Waals surface area contributed by atoms with Crippen LogP contribution in [-0.4, -0.2) is 18.0 Å². The summed E-state index contributed by atoms with van der Waals surface area (Å²) < 4.78 is 0. The third-order valence-corrected chi connectivity index (χ3v) is 3.48. The second-order valence-corrected chi connectivity index (χ2v) is 4.55. The minimum absolute atomic E-state index is 0.121. The van der Waals surface area contributed by atoms with Crippen LogP contribution in [-0.2, 0) is 0 Å². The highest BCUT2D eigenvalue weighted by molar-refractivity contribution is 5.40. The molecule has 0 saturated carbocycles. The molecule has 0 spiro atoms. The third-order valence-electron chi connectivity index (χ3n) is 3.48. The molecule has 0 heterocycles. The zero-order chi connectivity index (χ0) is 13.0. The Morgan fingerprint density at radius 2 is 1.59 bits per heavy atom.